The van der Waals surface area contributed by atoms with E-state index in [0.717, 1.165) is 17.9 Å². The van der Waals surface area contributed by atoms with E-state index in [1.54, 1.807) is 20.8 Å². The molecule has 1 saturated heterocycles. The van der Waals surface area contributed by atoms with Crippen LogP contribution in [0.15, 0.2) is 43.0 Å². The number of hydrogen-bond donors (Lipinski definition) is 4. The van der Waals surface area contributed by atoms with Crippen LogP contribution in [0.1, 0.15) is 112 Å². The standard InChI is InChI=1S/C32H45N5O7.C4H8.CH4/c1-6-23(21-14-9-7-10-15-21)44-29(42)32(17-11-8-12-18-32)36-30(43)35-25(31(3,4)5)28(41)37-19-13-16-22(37)27(40)34-20(2)24(38)26(33)39;1-4-2-3-4;/h6-7,9-10,14-15,20,22-23,25H,1,8,11-13,16-19H2,2-5H3,(H2,33,39)(H,34,40)(H2,35,36,43);4H,2-3H2,1H3;1H4. The van der Waals surface area contributed by atoms with Crippen LogP contribution in [-0.2, 0) is 28.7 Å². The Morgan fingerprint density at radius 1 is 0.980 bits per heavy atom. The summed E-state index contributed by atoms with van der Waals surface area (Å²) in [5, 5.41) is 8.10. The number of nitrogens with two attached hydrogens (primary N) is 1. The number of primary amides is 1. The van der Waals surface area contributed by atoms with Crippen molar-refractivity contribution >= 4 is 35.5 Å². The fourth-order valence-electron chi connectivity index (χ4n) is 5.92. The highest BCUT2D eigenvalue weighted by molar-refractivity contribution is 6.37. The van der Waals surface area contributed by atoms with Gasteiger partial charge in [-0.1, -0.05) is 104 Å². The van der Waals surface area contributed by atoms with Crippen LogP contribution in [0.4, 0.5) is 4.79 Å². The first-order valence-electron chi connectivity index (χ1n) is 17.0. The summed E-state index contributed by atoms with van der Waals surface area (Å²) >= 11 is 0. The zero-order valence-electron chi connectivity index (χ0n) is 29.0. The van der Waals surface area contributed by atoms with Crippen LogP contribution in [0.25, 0.3) is 0 Å². The van der Waals surface area contributed by atoms with Gasteiger partial charge >= 0.3 is 12.0 Å². The van der Waals surface area contributed by atoms with Gasteiger partial charge in [0.15, 0.2) is 0 Å². The smallest absolute Gasteiger partial charge is 0.332 e. The lowest BCUT2D eigenvalue weighted by atomic mass is 9.81. The number of Topliss-reactive ketones (excluding diaryl/α,β-unsaturated/α-hetero) is 1. The molecule has 4 atom stereocenters. The van der Waals surface area contributed by atoms with Gasteiger partial charge in [0.05, 0.1) is 6.04 Å². The van der Waals surface area contributed by atoms with Crippen LogP contribution in [-0.4, -0.2) is 70.6 Å². The van der Waals surface area contributed by atoms with Crippen molar-refractivity contribution in [1.29, 1.82) is 0 Å². The topological polar surface area (TPSA) is 177 Å². The molecule has 1 aromatic carbocycles. The number of benzene rings is 1. The van der Waals surface area contributed by atoms with Crippen molar-refractivity contribution in [3.05, 3.63) is 48.6 Å². The molecular weight excluding hydrogens is 626 g/mol. The van der Waals surface area contributed by atoms with Gasteiger partial charge in [0.25, 0.3) is 5.91 Å². The lowest BCUT2D eigenvalue weighted by Crippen LogP contribution is -2.64. The number of carbonyl (C=O) groups excluding carboxylic acids is 6. The normalized spacial score (nSPS) is 20.0. The number of esters is 1. The number of hydrogen-bond acceptors (Lipinski definition) is 7. The van der Waals surface area contributed by atoms with Gasteiger partial charge in [0, 0.05) is 6.54 Å². The molecule has 12 nitrogen and oxygen atoms in total. The monoisotopic (exact) mass is 683 g/mol. The first-order valence-corrected chi connectivity index (χ1v) is 17.0. The minimum atomic E-state index is -1.29. The highest BCUT2D eigenvalue weighted by Gasteiger charge is 2.46. The quantitative estimate of drug-likeness (QED) is 0.151. The third-order valence-electron chi connectivity index (χ3n) is 9.11. The highest BCUT2D eigenvalue weighted by Crippen LogP contribution is 2.33. The van der Waals surface area contributed by atoms with Crippen molar-refractivity contribution in [2.45, 2.75) is 130 Å². The number of ether oxygens (including phenoxy) is 1. The zero-order chi connectivity index (χ0) is 35.6. The van der Waals surface area contributed by atoms with Gasteiger partial charge in [0.1, 0.15) is 23.7 Å². The predicted octanol–water partition coefficient (Wildman–Crippen LogP) is 4.48. The minimum Gasteiger partial charge on any atom is -0.451 e. The number of carbonyl (C=O) groups is 6. The van der Waals surface area contributed by atoms with Gasteiger partial charge in [-0.15, -0.1) is 0 Å². The van der Waals surface area contributed by atoms with Crippen molar-refractivity contribution in [2.75, 3.05) is 6.54 Å². The number of nitrogens with zero attached hydrogens (tertiary/aromatic N) is 1. The van der Waals surface area contributed by atoms with Crippen LogP contribution in [0.2, 0.25) is 0 Å². The number of rotatable bonds is 11. The molecule has 3 fully saturated rings. The summed E-state index contributed by atoms with van der Waals surface area (Å²) in [4.78, 5) is 78.6. The van der Waals surface area contributed by atoms with Crippen molar-refractivity contribution in [3.63, 3.8) is 0 Å². The molecule has 3 aliphatic rings. The first-order chi connectivity index (χ1) is 22.6. The Balaban J connectivity index is 0.00000155. The molecule has 0 spiro atoms. The Morgan fingerprint density at radius 2 is 1.57 bits per heavy atom. The molecule has 2 aliphatic carbocycles. The van der Waals surface area contributed by atoms with E-state index >= 15 is 0 Å². The van der Waals surface area contributed by atoms with Gasteiger partial charge in [-0.05, 0) is 55.6 Å². The van der Waals surface area contributed by atoms with Gasteiger partial charge < -0.3 is 31.3 Å². The number of amides is 5. The largest absolute Gasteiger partial charge is 0.451 e. The van der Waals surface area contributed by atoms with Gasteiger partial charge in [-0.25, -0.2) is 9.59 Å². The number of likely N-dealkylation sites (tertiary alicyclic amines) is 1. The Labute approximate surface area is 291 Å². The summed E-state index contributed by atoms with van der Waals surface area (Å²) in [7, 11) is 0. The fourth-order valence-corrected chi connectivity index (χ4v) is 5.92. The second-order valence-corrected chi connectivity index (χ2v) is 14.3. The maximum absolute atomic E-state index is 13.9. The number of urea groups is 1. The van der Waals surface area contributed by atoms with E-state index in [9.17, 15) is 28.8 Å². The van der Waals surface area contributed by atoms with Crippen molar-refractivity contribution in [2.24, 2.45) is 17.1 Å². The molecular formula is C37H57N5O7. The Bertz CT molecular complexity index is 1330. The molecule has 5 N–H and O–H groups in total. The Hall–Kier alpha value is -4.22. The van der Waals surface area contributed by atoms with E-state index in [2.05, 4.69) is 29.5 Å². The second kappa shape index (κ2) is 18.0. The molecule has 12 heteroatoms. The number of nitrogens with one attached hydrogen (secondary N) is 3. The van der Waals surface area contributed by atoms with E-state index in [0.29, 0.717) is 38.5 Å². The van der Waals surface area contributed by atoms with Crippen molar-refractivity contribution in [3.8, 4) is 0 Å². The van der Waals surface area contributed by atoms with Crippen LogP contribution < -0.4 is 21.7 Å². The van der Waals surface area contributed by atoms with E-state index in [1.165, 1.54) is 30.7 Å². The fraction of sp³-hybridized carbons (Fsp3) is 0.622. The maximum atomic E-state index is 13.9. The van der Waals surface area contributed by atoms with Gasteiger partial charge in [-0.2, -0.15) is 0 Å². The van der Waals surface area contributed by atoms with E-state index in [1.807, 2.05) is 30.3 Å². The summed E-state index contributed by atoms with van der Waals surface area (Å²) in [5.41, 5.74) is 3.74. The summed E-state index contributed by atoms with van der Waals surface area (Å²) in [6.45, 7) is 13.1. The molecule has 4 rings (SSSR count). The van der Waals surface area contributed by atoms with Gasteiger partial charge in [-0.3, -0.25) is 19.2 Å². The van der Waals surface area contributed by atoms with E-state index in [4.69, 9.17) is 10.5 Å². The van der Waals surface area contributed by atoms with Crippen LogP contribution in [0.3, 0.4) is 0 Å². The summed E-state index contributed by atoms with van der Waals surface area (Å²) < 4.78 is 5.86. The highest BCUT2D eigenvalue weighted by atomic mass is 16.5. The second-order valence-electron chi connectivity index (χ2n) is 14.3. The SMILES string of the molecule is C.C=CC(OC(=O)C1(NC(=O)NC(C(=O)N2CCCC2C(=O)NC(C)C(=O)C(N)=O)C(C)(C)C)CCCCC1)c1ccccc1.CC1CC1. The van der Waals surface area contributed by atoms with Crippen molar-refractivity contribution < 1.29 is 33.5 Å². The zero-order valence-corrected chi connectivity index (χ0v) is 29.0. The van der Waals surface area contributed by atoms with E-state index < -0.39 is 70.7 Å². The molecule has 49 heavy (non-hydrogen) atoms. The lowest BCUT2D eigenvalue weighted by Gasteiger charge is -2.39. The average molecular weight is 684 g/mol. The average Bonchev–Trinajstić information content (AvgIpc) is 3.67. The lowest BCUT2D eigenvalue weighted by molar-refractivity contribution is -0.156. The molecule has 0 bridgehead atoms. The first kappa shape index (κ1) is 41.0. The Kier molecular flexibility index (Phi) is 15.0. The van der Waals surface area contributed by atoms with Crippen LogP contribution in [0.5, 0.6) is 0 Å². The molecule has 1 aromatic rings. The Morgan fingerprint density at radius 3 is 2.08 bits per heavy atom. The minimum absolute atomic E-state index is 0. The third kappa shape index (κ3) is 11.4. The van der Waals surface area contributed by atoms with Gasteiger partial charge in [0.2, 0.25) is 17.6 Å². The van der Waals surface area contributed by atoms with Crippen LogP contribution >= 0.6 is 0 Å². The van der Waals surface area contributed by atoms with Crippen LogP contribution in [0, 0.1) is 11.3 Å². The molecule has 0 radical (unpaired) electrons. The maximum Gasteiger partial charge on any atom is 0.332 e. The molecule has 1 heterocycles. The summed E-state index contributed by atoms with van der Waals surface area (Å²) in [6.07, 6.45) is 7.77. The van der Waals surface area contributed by atoms with E-state index in [-0.39, 0.29) is 14.0 Å². The molecule has 2 saturated carbocycles. The summed E-state index contributed by atoms with van der Waals surface area (Å²) in [6, 6.07) is 5.39. The molecule has 0 aromatic heterocycles. The molecule has 4 unspecified atom stereocenters. The molecule has 1 aliphatic heterocycles. The predicted molar refractivity (Wildman–Crippen MR) is 188 cm³/mol. The third-order valence-corrected chi connectivity index (χ3v) is 9.11. The molecule has 272 valence electrons. The molecule has 5 amide bonds. The van der Waals surface area contributed by atoms with Crippen molar-refractivity contribution in [1.82, 2.24) is 20.9 Å². The summed E-state index contributed by atoms with van der Waals surface area (Å²) in [5.74, 6) is -2.67. The number of ketones is 1.